The second-order valence-electron chi connectivity index (χ2n) is 6.96. The SMILES string of the molecule is Cc1ccc2c(c1)C=[N+](c1ccccc1C#N)C[N+]2(C)c1ccccc1. The zero-order chi connectivity index (χ0) is 18.1. The molecule has 0 aromatic heterocycles. The average molecular weight is 339 g/mol. The van der Waals surface area contributed by atoms with E-state index in [1.165, 1.54) is 22.5 Å². The minimum absolute atomic E-state index is 0.659. The van der Waals surface area contributed by atoms with Crippen molar-refractivity contribution in [1.82, 2.24) is 4.48 Å². The van der Waals surface area contributed by atoms with Crippen molar-refractivity contribution < 1.29 is 4.58 Å². The Kier molecular flexibility index (Phi) is 3.91. The number of para-hydroxylation sites is 2. The summed E-state index contributed by atoms with van der Waals surface area (Å²) in [6.45, 7) is 2.85. The highest BCUT2D eigenvalue weighted by molar-refractivity contribution is 5.88. The lowest BCUT2D eigenvalue weighted by Gasteiger charge is -2.34. The molecule has 0 saturated carbocycles. The Balaban J connectivity index is 1.96. The molecule has 0 aliphatic carbocycles. The summed E-state index contributed by atoms with van der Waals surface area (Å²) in [6.07, 6.45) is 2.17. The van der Waals surface area contributed by atoms with Gasteiger partial charge in [-0.25, -0.2) is 4.48 Å². The molecule has 0 bridgehead atoms. The summed E-state index contributed by atoms with van der Waals surface area (Å²) in [5.41, 5.74) is 6.56. The number of nitriles is 1. The van der Waals surface area contributed by atoms with E-state index in [0.29, 0.717) is 10.0 Å². The first kappa shape index (κ1) is 16.3. The smallest absolute Gasteiger partial charge is 0.206 e. The van der Waals surface area contributed by atoms with E-state index in [1.54, 1.807) is 0 Å². The normalized spacial score (nSPS) is 18.6. The summed E-state index contributed by atoms with van der Waals surface area (Å²) < 4.78 is 2.86. The van der Waals surface area contributed by atoms with Crippen LogP contribution in [0.5, 0.6) is 0 Å². The van der Waals surface area contributed by atoms with Crippen molar-refractivity contribution in [2.24, 2.45) is 0 Å². The first-order valence-electron chi connectivity index (χ1n) is 8.75. The second-order valence-corrected chi connectivity index (χ2v) is 6.96. The predicted octanol–water partition coefficient (Wildman–Crippen LogP) is 4.87. The Bertz CT molecular complexity index is 1040. The van der Waals surface area contributed by atoms with Gasteiger partial charge in [0.05, 0.1) is 7.05 Å². The predicted molar refractivity (Wildman–Crippen MR) is 106 cm³/mol. The Labute approximate surface area is 154 Å². The highest BCUT2D eigenvalue weighted by Crippen LogP contribution is 2.38. The Morgan fingerprint density at radius 2 is 1.69 bits per heavy atom. The fourth-order valence-electron chi connectivity index (χ4n) is 3.76. The minimum atomic E-state index is 0.659. The van der Waals surface area contributed by atoms with Crippen molar-refractivity contribution >= 4 is 23.3 Å². The number of aryl methyl sites for hydroxylation is 1. The number of fused-ring (bicyclic) bond motifs is 1. The van der Waals surface area contributed by atoms with E-state index in [1.807, 2.05) is 30.3 Å². The number of hydrogen-bond acceptors (Lipinski definition) is 1. The summed E-state index contributed by atoms with van der Waals surface area (Å²) >= 11 is 0. The van der Waals surface area contributed by atoms with Crippen LogP contribution in [-0.2, 0) is 0 Å². The molecule has 0 fully saturated rings. The molecular formula is C23H21N3+2. The molecule has 0 spiro atoms. The van der Waals surface area contributed by atoms with Crippen LogP contribution in [0.15, 0.2) is 72.8 Å². The molecule has 4 rings (SSSR count). The monoisotopic (exact) mass is 339 g/mol. The molecule has 1 heterocycles. The van der Waals surface area contributed by atoms with E-state index < -0.39 is 0 Å². The first-order chi connectivity index (χ1) is 12.6. The lowest BCUT2D eigenvalue weighted by Crippen LogP contribution is -2.48. The standard InChI is InChI=1S/C23H21N3/c1-18-12-13-23-20(14-18)16-25(22-11-7-6-8-19(22)15-24)17-26(23,2)21-9-4-3-5-10-21/h3-14,16H,17H2,1-2H3/q+2. The molecule has 3 nitrogen and oxygen atoms in total. The lowest BCUT2D eigenvalue weighted by atomic mass is 10.0. The molecular weight excluding hydrogens is 318 g/mol. The van der Waals surface area contributed by atoms with E-state index >= 15 is 0 Å². The van der Waals surface area contributed by atoms with Crippen molar-refractivity contribution in [2.45, 2.75) is 6.92 Å². The van der Waals surface area contributed by atoms with Gasteiger partial charge < -0.3 is 0 Å². The van der Waals surface area contributed by atoms with Gasteiger partial charge in [-0.05, 0) is 36.8 Å². The van der Waals surface area contributed by atoms with Crippen molar-refractivity contribution in [3.63, 3.8) is 0 Å². The maximum atomic E-state index is 9.54. The summed E-state index contributed by atoms with van der Waals surface area (Å²) in [4.78, 5) is 0. The summed E-state index contributed by atoms with van der Waals surface area (Å²) in [5, 5.41) is 9.54. The third-order valence-electron chi connectivity index (χ3n) is 5.10. The van der Waals surface area contributed by atoms with E-state index in [2.05, 4.69) is 73.3 Å². The van der Waals surface area contributed by atoms with Crippen LogP contribution in [0.25, 0.3) is 0 Å². The first-order valence-corrected chi connectivity index (χ1v) is 8.75. The van der Waals surface area contributed by atoms with Gasteiger partial charge in [-0.2, -0.15) is 5.26 Å². The molecule has 0 amide bonds. The number of hydrogen-bond donors (Lipinski definition) is 0. The zero-order valence-corrected chi connectivity index (χ0v) is 15.1. The Hall–Kier alpha value is -3.22. The quantitative estimate of drug-likeness (QED) is 0.483. The van der Waals surface area contributed by atoms with Gasteiger partial charge in [0, 0.05) is 12.1 Å². The van der Waals surface area contributed by atoms with Crippen molar-refractivity contribution in [3.8, 4) is 6.07 Å². The number of nitrogens with zero attached hydrogens (tertiary/aromatic N) is 3. The highest BCUT2D eigenvalue weighted by atomic mass is 15.4. The van der Waals surface area contributed by atoms with Crippen molar-refractivity contribution in [3.05, 3.63) is 89.5 Å². The van der Waals surface area contributed by atoms with Crippen LogP contribution in [0.2, 0.25) is 0 Å². The molecule has 1 atom stereocenters. The molecule has 1 aliphatic rings. The van der Waals surface area contributed by atoms with Crippen LogP contribution in [0.3, 0.4) is 0 Å². The minimum Gasteiger partial charge on any atom is -0.206 e. The fourth-order valence-corrected chi connectivity index (χ4v) is 3.76. The molecule has 0 saturated heterocycles. The zero-order valence-electron chi connectivity index (χ0n) is 15.1. The van der Waals surface area contributed by atoms with Crippen molar-refractivity contribution in [2.75, 3.05) is 13.7 Å². The number of rotatable bonds is 2. The molecule has 3 aromatic carbocycles. The third kappa shape index (κ3) is 2.61. The van der Waals surface area contributed by atoms with Crippen LogP contribution in [0.4, 0.5) is 17.1 Å². The topological polar surface area (TPSA) is 26.8 Å². The number of benzene rings is 3. The van der Waals surface area contributed by atoms with E-state index in [9.17, 15) is 5.26 Å². The van der Waals surface area contributed by atoms with E-state index in [0.717, 1.165) is 12.4 Å². The second kappa shape index (κ2) is 6.25. The van der Waals surface area contributed by atoms with Gasteiger partial charge in [-0.1, -0.05) is 36.4 Å². The molecule has 0 N–H and O–H groups in total. The summed E-state index contributed by atoms with van der Waals surface area (Å²) in [6, 6.07) is 27.3. The van der Waals surface area contributed by atoms with Crippen LogP contribution in [0.1, 0.15) is 16.7 Å². The van der Waals surface area contributed by atoms with E-state index in [-0.39, 0.29) is 0 Å². The van der Waals surface area contributed by atoms with Crippen LogP contribution in [-0.4, -0.2) is 24.5 Å². The van der Waals surface area contributed by atoms with E-state index in [4.69, 9.17) is 0 Å². The van der Waals surface area contributed by atoms with Crippen LogP contribution >= 0.6 is 0 Å². The molecule has 3 heteroatoms. The third-order valence-corrected chi connectivity index (χ3v) is 5.10. The summed E-state index contributed by atoms with van der Waals surface area (Å²) in [7, 11) is 2.23. The largest absolute Gasteiger partial charge is 0.285 e. The number of quaternary nitrogens is 1. The van der Waals surface area contributed by atoms with Gasteiger partial charge in [-0.15, -0.1) is 4.58 Å². The summed E-state index contributed by atoms with van der Waals surface area (Å²) in [5.74, 6) is 0. The molecule has 3 aromatic rings. The maximum absolute atomic E-state index is 9.54. The molecule has 1 unspecified atom stereocenters. The van der Waals surface area contributed by atoms with Crippen molar-refractivity contribution in [1.29, 1.82) is 5.26 Å². The highest BCUT2D eigenvalue weighted by Gasteiger charge is 2.40. The van der Waals surface area contributed by atoms with Gasteiger partial charge in [0.1, 0.15) is 22.9 Å². The Morgan fingerprint density at radius 3 is 2.46 bits per heavy atom. The average Bonchev–Trinajstić information content (AvgIpc) is 2.68. The fraction of sp³-hybridized carbons (Fsp3) is 0.130. The molecule has 126 valence electrons. The van der Waals surface area contributed by atoms with Gasteiger partial charge in [0.15, 0.2) is 11.9 Å². The molecule has 1 aliphatic heterocycles. The Morgan fingerprint density at radius 1 is 0.962 bits per heavy atom. The van der Waals surface area contributed by atoms with Gasteiger partial charge in [0.25, 0.3) is 6.67 Å². The van der Waals surface area contributed by atoms with Gasteiger partial charge in [0.2, 0.25) is 5.69 Å². The molecule has 26 heavy (non-hydrogen) atoms. The van der Waals surface area contributed by atoms with Crippen LogP contribution < -0.4 is 4.48 Å². The lowest BCUT2D eigenvalue weighted by molar-refractivity contribution is -0.456. The maximum Gasteiger partial charge on any atom is 0.285 e. The van der Waals surface area contributed by atoms with Gasteiger partial charge >= 0.3 is 0 Å². The van der Waals surface area contributed by atoms with Gasteiger partial charge in [-0.3, -0.25) is 0 Å². The van der Waals surface area contributed by atoms with Crippen LogP contribution in [0, 0.1) is 18.3 Å². The molecule has 0 radical (unpaired) electrons.